The topological polar surface area (TPSA) is 58.6 Å². The van der Waals surface area contributed by atoms with E-state index in [4.69, 9.17) is 4.74 Å². The summed E-state index contributed by atoms with van der Waals surface area (Å²) in [5, 5.41) is 4.91. The SMILES string of the molecule is COC(=O)C(CC(C)C)NC(=O)CN1CCc2sccc2C1. The molecule has 122 valence electrons. The van der Waals surface area contributed by atoms with Gasteiger partial charge in [-0.3, -0.25) is 9.69 Å². The third-order valence-corrected chi connectivity index (χ3v) is 4.80. The van der Waals surface area contributed by atoms with Crippen molar-refractivity contribution >= 4 is 23.2 Å². The Morgan fingerprint density at radius 2 is 2.23 bits per heavy atom. The summed E-state index contributed by atoms with van der Waals surface area (Å²) in [5.41, 5.74) is 1.32. The van der Waals surface area contributed by atoms with Crippen LogP contribution in [0.1, 0.15) is 30.7 Å². The largest absolute Gasteiger partial charge is 0.467 e. The molecule has 6 heteroatoms. The van der Waals surface area contributed by atoms with Crippen LogP contribution in [0.4, 0.5) is 0 Å². The van der Waals surface area contributed by atoms with Gasteiger partial charge in [-0.05, 0) is 35.8 Å². The minimum Gasteiger partial charge on any atom is -0.467 e. The van der Waals surface area contributed by atoms with Crippen LogP contribution in [-0.2, 0) is 27.3 Å². The van der Waals surface area contributed by atoms with Gasteiger partial charge < -0.3 is 10.1 Å². The van der Waals surface area contributed by atoms with Gasteiger partial charge in [0.25, 0.3) is 0 Å². The van der Waals surface area contributed by atoms with Gasteiger partial charge in [0.05, 0.1) is 13.7 Å². The van der Waals surface area contributed by atoms with Gasteiger partial charge in [0.15, 0.2) is 0 Å². The number of esters is 1. The van der Waals surface area contributed by atoms with Crippen molar-refractivity contribution in [3.63, 3.8) is 0 Å². The lowest BCUT2D eigenvalue weighted by Gasteiger charge is -2.27. The molecule has 0 bridgehead atoms. The molecule has 0 saturated carbocycles. The van der Waals surface area contributed by atoms with Crippen molar-refractivity contribution in [3.05, 3.63) is 21.9 Å². The quantitative estimate of drug-likeness (QED) is 0.811. The van der Waals surface area contributed by atoms with Crippen LogP contribution in [0.15, 0.2) is 11.4 Å². The predicted octanol–water partition coefficient (Wildman–Crippen LogP) is 1.81. The zero-order chi connectivity index (χ0) is 16.1. The van der Waals surface area contributed by atoms with Crippen LogP contribution in [0.25, 0.3) is 0 Å². The van der Waals surface area contributed by atoms with Crippen LogP contribution < -0.4 is 5.32 Å². The molecule has 2 rings (SSSR count). The Bertz CT molecular complexity index is 527. The fourth-order valence-corrected chi connectivity index (χ4v) is 3.60. The Balaban J connectivity index is 1.87. The first-order valence-corrected chi connectivity index (χ1v) is 8.52. The maximum atomic E-state index is 12.2. The molecule has 22 heavy (non-hydrogen) atoms. The summed E-state index contributed by atoms with van der Waals surface area (Å²) in [5.74, 6) is -0.178. The fourth-order valence-electron chi connectivity index (χ4n) is 2.71. The molecule has 2 heterocycles. The van der Waals surface area contributed by atoms with E-state index in [2.05, 4.69) is 21.7 Å². The molecule has 0 aliphatic carbocycles. The van der Waals surface area contributed by atoms with Gasteiger partial charge in [-0.2, -0.15) is 0 Å². The fraction of sp³-hybridized carbons (Fsp3) is 0.625. The Labute approximate surface area is 135 Å². The number of nitrogens with one attached hydrogen (secondary N) is 1. The third kappa shape index (κ3) is 4.55. The lowest BCUT2D eigenvalue weighted by atomic mass is 10.0. The van der Waals surface area contributed by atoms with E-state index in [1.807, 2.05) is 13.8 Å². The first-order chi connectivity index (χ1) is 10.5. The second-order valence-electron chi connectivity index (χ2n) is 6.10. The van der Waals surface area contributed by atoms with Crippen molar-refractivity contribution in [1.29, 1.82) is 0 Å². The molecule has 1 unspecified atom stereocenters. The molecular formula is C16H24N2O3S. The molecule has 1 amide bonds. The highest BCUT2D eigenvalue weighted by molar-refractivity contribution is 7.10. The summed E-state index contributed by atoms with van der Waals surface area (Å²) >= 11 is 1.78. The normalized spacial score (nSPS) is 16.2. The second-order valence-corrected chi connectivity index (χ2v) is 7.10. The molecule has 0 saturated heterocycles. The first kappa shape index (κ1) is 17.0. The van der Waals surface area contributed by atoms with E-state index in [1.54, 1.807) is 11.3 Å². The highest BCUT2D eigenvalue weighted by Crippen LogP contribution is 2.23. The van der Waals surface area contributed by atoms with Crippen LogP contribution in [0.2, 0.25) is 0 Å². The van der Waals surface area contributed by atoms with E-state index in [1.165, 1.54) is 17.6 Å². The van der Waals surface area contributed by atoms with E-state index in [9.17, 15) is 9.59 Å². The number of hydrogen-bond acceptors (Lipinski definition) is 5. The summed E-state index contributed by atoms with van der Waals surface area (Å²) in [7, 11) is 1.35. The standard InChI is InChI=1S/C16H24N2O3S/c1-11(2)8-13(16(20)21-3)17-15(19)10-18-6-4-14-12(9-18)5-7-22-14/h5,7,11,13H,4,6,8-10H2,1-3H3,(H,17,19). The molecule has 1 aliphatic heterocycles. The first-order valence-electron chi connectivity index (χ1n) is 7.64. The molecular weight excluding hydrogens is 300 g/mol. The smallest absolute Gasteiger partial charge is 0.328 e. The minimum absolute atomic E-state index is 0.116. The Kier molecular flexibility index (Phi) is 5.97. The summed E-state index contributed by atoms with van der Waals surface area (Å²) < 4.78 is 4.77. The minimum atomic E-state index is -0.556. The van der Waals surface area contributed by atoms with Crippen molar-refractivity contribution in [2.24, 2.45) is 5.92 Å². The summed E-state index contributed by atoms with van der Waals surface area (Å²) in [6, 6.07) is 1.57. The number of amides is 1. The number of nitrogens with zero attached hydrogens (tertiary/aromatic N) is 1. The van der Waals surface area contributed by atoms with Gasteiger partial charge >= 0.3 is 5.97 Å². The molecule has 0 fully saturated rings. The lowest BCUT2D eigenvalue weighted by molar-refractivity contribution is -0.145. The van der Waals surface area contributed by atoms with E-state index in [-0.39, 0.29) is 11.9 Å². The summed E-state index contributed by atoms with van der Waals surface area (Å²) in [6.45, 7) is 6.05. The van der Waals surface area contributed by atoms with Gasteiger partial charge in [-0.25, -0.2) is 4.79 Å². The molecule has 0 radical (unpaired) electrons. The van der Waals surface area contributed by atoms with E-state index in [0.717, 1.165) is 19.5 Å². The number of ether oxygens (including phenoxy) is 1. The van der Waals surface area contributed by atoms with Crippen molar-refractivity contribution < 1.29 is 14.3 Å². The van der Waals surface area contributed by atoms with Crippen molar-refractivity contribution in [1.82, 2.24) is 10.2 Å². The lowest BCUT2D eigenvalue weighted by Crippen LogP contribution is -2.47. The molecule has 1 atom stereocenters. The van der Waals surface area contributed by atoms with Crippen LogP contribution in [0, 0.1) is 5.92 Å². The molecule has 1 N–H and O–H groups in total. The van der Waals surface area contributed by atoms with E-state index < -0.39 is 6.04 Å². The van der Waals surface area contributed by atoms with Crippen molar-refractivity contribution in [3.8, 4) is 0 Å². The predicted molar refractivity (Wildman–Crippen MR) is 86.7 cm³/mol. The number of hydrogen-bond donors (Lipinski definition) is 1. The molecule has 5 nitrogen and oxygen atoms in total. The third-order valence-electron chi connectivity index (χ3n) is 3.78. The summed E-state index contributed by atoms with van der Waals surface area (Å²) in [6.07, 6.45) is 1.58. The van der Waals surface area contributed by atoms with Gasteiger partial charge in [0.1, 0.15) is 6.04 Å². The van der Waals surface area contributed by atoms with Gasteiger partial charge in [-0.15, -0.1) is 11.3 Å². The maximum Gasteiger partial charge on any atom is 0.328 e. The van der Waals surface area contributed by atoms with Gasteiger partial charge in [0, 0.05) is 18.0 Å². The van der Waals surface area contributed by atoms with Crippen LogP contribution in [0.3, 0.4) is 0 Å². The summed E-state index contributed by atoms with van der Waals surface area (Å²) in [4.78, 5) is 27.5. The van der Waals surface area contributed by atoms with E-state index in [0.29, 0.717) is 18.9 Å². The highest BCUT2D eigenvalue weighted by atomic mass is 32.1. The van der Waals surface area contributed by atoms with Crippen molar-refractivity contribution in [2.75, 3.05) is 20.2 Å². The average Bonchev–Trinajstić information content (AvgIpc) is 2.92. The van der Waals surface area contributed by atoms with Crippen LogP contribution in [0.5, 0.6) is 0 Å². The number of methoxy groups -OCH3 is 1. The average molecular weight is 324 g/mol. The number of carbonyl (C=O) groups excluding carboxylic acids is 2. The highest BCUT2D eigenvalue weighted by Gasteiger charge is 2.24. The molecule has 1 aliphatic rings. The van der Waals surface area contributed by atoms with Gasteiger partial charge in [0.2, 0.25) is 5.91 Å². The number of carbonyl (C=O) groups is 2. The Morgan fingerprint density at radius 3 is 2.91 bits per heavy atom. The second kappa shape index (κ2) is 7.74. The van der Waals surface area contributed by atoms with Crippen LogP contribution >= 0.6 is 11.3 Å². The van der Waals surface area contributed by atoms with Crippen LogP contribution in [-0.4, -0.2) is 43.0 Å². The number of thiophene rings is 1. The monoisotopic (exact) mass is 324 g/mol. The van der Waals surface area contributed by atoms with Gasteiger partial charge in [-0.1, -0.05) is 13.8 Å². The van der Waals surface area contributed by atoms with Crippen molar-refractivity contribution in [2.45, 2.75) is 39.3 Å². The maximum absolute atomic E-state index is 12.2. The number of fused-ring (bicyclic) bond motifs is 1. The zero-order valence-corrected chi connectivity index (χ0v) is 14.2. The molecule has 0 spiro atoms. The molecule has 0 aromatic carbocycles. The molecule has 1 aromatic rings. The molecule has 1 aromatic heterocycles. The van der Waals surface area contributed by atoms with E-state index >= 15 is 0 Å². The zero-order valence-electron chi connectivity index (χ0n) is 13.4. The Morgan fingerprint density at radius 1 is 1.45 bits per heavy atom. The Hall–Kier alpha value is -1.40. The number of rotatable bonds is 6.